The van der Waals surface area contributed by atoms with Gasteiger partial charge in [-0.1, -0.05) is 59.1 Å². The van der Waals surface area contributed by atoms with E-state index in [1.165, 1.54) is 17.0 Å². The van der Waals surface area contributed by atoms with Crippen LogP contribution in [-0.2, 0) is 22.6 Å². The Bertz CT molecular complexity index is 842. The molecule has 1 atom stereocenters. The first-order valence-corrected chi connectivity index (χ1v) is 10.7. The fourth-order valence-corrected chi connectivity index (χ4v) is 3.58. The third kappa shape index (κ3) is 6.82. The molecule has 0 radical (unpaired) electrons. The molecule has 2 rings (SSSR count). The van der Waals surface area contributed by atoms with Gasteiger partial charge in [0.2, 0.25) is 11.8 Å². The number of rotatable bonds is 9. The largest absolute Gasteiger partial charge is 0.354 e. The molecular weight excluding hydrogens is 459 g/mol. The van der Waals surface area contributed by atoms with E-state index in [1.54, 1.807) is 13.0 Å². The fourth-order valence-electron chi connectivity index (χ4n) is 2.90. The molecule has 0 saturated heterocycles. The molecule has 0 saturated carbocycles. The molecule has 0 aliphatic rings. The number of unbranched alkanes of at least 4 members (excludes halogenated alkanes) is 1. The lowest BCUT2D eigenvalue weighted by Gasteiger charge is -2.29. The monoisotopic (exact) mass is 482 g/mol. The number of nitrogens with zero attached hydrogens (tertiary/aromatic N) is 1. The van der Waals surface area contributed by atoms with Crippen LogP contribution in [0.1, 0.15) is 37.8 Å². The third-order valence-corrected chi connectivity index (χ3v) is 5.48. The molecular formula is C22H25BrClFN2O2. The SMILES string of the molecule is CCCCNC(=O)[C@H](C)N(Cc1cccc(Br)c1)C(=O)Cc1c(F)cccc1Cl. The number of halogens is 3. The molecule has 2 amide bonds. The topological polar surface area (TPSA) is 49.4 Å². The third-order valence-electron chi connectivity index (χ3n) is 4.63. The summed E-state index contributed by atoms with van der Waals surface area (Å²) in [6.45, 7) is 4.50. The maximum absolute atomic E-state index is 14.2. The molecule has 0 aliphatic carbocycles. The van der Waals surface area contributed by atoms with Gasteiger partial charge in [-0.25, -0.2) is 4.39 Å². The Morgan fingerprint density at radius 1 is 1.24 bits per heavy atom. The fraction of sp³-hybridized carbons (Fsp3) is 0.364. The van der Waals surface area contributed by atoms with Gasteiger partial charge in [0.15, 0.2) is 0 Å². The molecule has 0 spiro atoms. The van der Waals surface area contributed by atoms with Gasteiger partial charge in [0.25, 0.3) is 0 Å². The van der Waals surface area contributed by atoms with Gasteiger partial charge in [0.05, 0.1) is 6.42 Å². The first kappa shape index (κ1) is 23.4. The van der Waals surface area contributed by atoms with Gasteiger partial charge >= 0.3 is 0 Å². The van der Waals surface area contributed by atoms with Crippen molar-refractivity contribution in [3.05, 3.63) is 68.9 Å². The normalized spacial score (nSPS) is 11.8. The molecule has 7 heteroatoms. The lowest BCUT2D eigenvalue weighted by atomic mass is 10.1. The second kappa shape index (κ2) is 11.3. The van der Waals surface area contributed by atoms with E-state index >= 15 is 0 Å². The second-order valence-corrected chi connectivity index (χ2v) is 8.17. The minimum atomic E-state index is -0.705. The standard InChI is InChI=1S/C22H25BrClFN2O2/c1-3-4-11-26-22(29)15(2)27(14-16-7-5-8-17(23)12-16)21(28)13-18-19(24)9-6-10-20(18)25/h5-10,12,15H,3-4,11,13-14H2,1-2H3,(H,26,29)/t15-/m0/s1. The van der Waals surface area contributed by atoms with Crippen molar-refractivity contribution in [2.45, 2.75) is 45.7 Å². The summed E-state index contributed by atoms with van der Waals surface area (Å²) in [5, 5.41) is 3.06. The molecule has 0 unspecified atom stereocenters. The number of benzene rings is 2. The summed E-state index contributed by atoms with van der Waals surface area (Å²) >= 11 is 9.51. The quantitative estimate of drug-likeness (QED) is 0.503. The first-order valence-electron chi connectivity index (χ1n) is 9.58. The maximum atomic E-state index is 14.2. The van der Waals surface area contributed by atoms with Crippen molar-refractivity contribution >= 4 is 39.3 Å². The van der Waals surface area contributed by atoms with Gasteiger partial charge in [-0.2, -0.15) is 0 Å². The highest BCUT2D eigenvalue weighted by Gasteiger charge is 2.27. The summed E-state index contributed by atoms with van der Waals surface area (Å²) in [6, 6.07) is 11.1. The van der Waals surface area contributed by atoms with Crippen LogP contribution < -0.4 is 5.32 Å². The lowest BCUT2D eigenvalue weighted by Crippen LogP contribution is -2.48. The zero-order valence-corrected chi connectivity index (χ0v) is 18.9. The number of carbonyl (C=O) groups excluding carboxylic acids is 2. The average Bonchev–Trinajstić information content (AvgIpc) is 2.68. The summed E-state index contributed by atoms with van der Waals surface area (Å²) in [5.74, 6) is -1.13. The Morgan fingerprint density at radius 2 is 1.97 bits per heavy atom. The zero-order valence-electron chi connectivity index (χ0n) is 16.6. The molecule has 4 nitrogen and oxygen atoms in total. The van der Waals surface area contributed by atoms with E-state index in [2.05, 4.69) is 21.2 Å². The van der Waals surface area contributed by atoms with E-state index in [4.69, 9.17) is 11.6 Å². The minimum absolute atomic E-state index is 0.136. The van der Waals surface area contributed by atoms with E-state index in [0.717, 1.165) is 22.9 Å². The van der Waals surface area contributed by atoms with E-state index in [9.17, 15) is 14.0 Å². The smallest absolute Gasteiger partial charge is 0.242 e. The van der Waals surface area contributed by atoms with Gasteiger partial charge < -0.3 is 10.2 Å². The van der Waals surface area contributed by atoms with Crippen LogP contribution in [0.5, 0.6) is 0 Å². The van der Waals surface area contributed by atoms with Crippen LogP contribution >= 0.6 is 27.5 Å². The van der Waals surface area contributed by atoms with E-state index in [1.807, 2.05) is 31.2 Å². The molecule has 0 aromatic heterocycles. The van der Waals surface area contributed by atoms with Crippen LogP contribution in [0.2, 0.25) is 5.02 Å². The van der Waals surface area contributed by atoms with Crippen molar-refractivity contribution in [2.75, 3.05) is 6.54 Å². The van der Waals surface area contributed by atoms with Gasteiger partial charge in [-0.3, -0.25) is 9.59 Å². The minimum Gasteiger partial charge on any atom is -0.354 e. The molecule has 0 heterocycles. The Balaban J connectivity index is 2.25. The number of amides is 2. The van der Waals surface area contributed by atoms with Crippen molar-refractivity contribution in [3.8, 4) is 0 Å². The summed E-state index contributed by atoms with van der Waals surface area (Å²) in [7, 11) is 0. The molecule has 0 aliphatic heterocycles. The van der Waals surface area contributed by atoms with Crippen molar-refractivity contribution in [2.24, 2.45) is 0 Å². The number of hydrogen-bond donors (Lipinski definition) is 1. The molecule has 2 aromatic carbocycles. The molecule has 1 N–H and O–H groups in total. The summed E-state index contributed by atoms with van der Waals surface area (Å²) in [5.41, 5.74) is 0.998. The molecule has 2 aromatic rings. The summed E-state index contributed by atoms with van der Waals surface area (Å²) < 4.78 is 15.1. The number of carbonyl (C=O) groups is 2. The van der Waals surface area contributed by atoms with E-state index in [0.29, 0.717) is 6.54 Å². The van der Waals surface area contributed by atoms with Gasteiger partial charge in [-0.05, 0) is 43.2 Å². The second-order valence-electron chi connectivity index (χ2n) is 6.85. The van der Waals surface area contributed by atoms with Crippen molar-refractivity contribution < 1.29 is 14.0 Å². The highest BCUT2D eigenvalue weighted by atomic mass is 79.9. The Hall–Kier alpha value is -1.92. The molecule has 156 valence electrons. The average molecular weight is 484 g/mol. The Morgan fingerprint density at radius 3 is 2.62 bits per heavy atom. The van der Waals surface area contributed by atoms with Crippen molar-refractivity contribution in [1.82, 2.24) is 10.2 Å². The summed E-state index contributed by atoms with van der Waals surface area (Å²) in [4.78, 5) is 27.1. The van der Waals surface area contributed by atoms with E-state index < -0.39 is 11.9 Å². The van der Waals surface area contributed by atoms with Crippen LogP contribution in [0.4, 0.5) is 4.39 Å². The lowest BCUT2D eigenvalue weighted by molar-refractivity contribution is -0.140. The zero-order chi connectivity index (χ0) is 21.4. The van der Waals surface area contributed by atoms with Gasteiger partial charge in [0, 0.05) is 28.1 Å². The van der Waals surface area contributed by atoms with Gasteiger partial charge in [0.1, 0.15) is 11.9 Å². The van der Waals surface area contributed by atoms with Crippen molar-refractivity contribution in [3.63, 3.8) is 0 Å². The Kier molecular flexibility index (Phi) is 9.11. The van der Waals surface area contributed by atoms with Crippen LogP contribution in [0.25, 0.3) is 0 Å². The van der Waals surface area contributed by atoms with Crippen LogP contribution in [0.15, 0.2) is 46.9 Å². The Labute approximate surface area is 184 Å². The first-order chi connectivity index (χ1) is 13.8. The van der Waals surface area contributed by atoms with Crippen LogP contribution in [-0.4, -0.2) is 29.3 Å². The highest BCUT2D eigenvalue weighted by Crippen LogP contribution is 2.22. The maximum Gasteiger partial charge on any atom is 0.242 e. The van der Waals surface area contributed by atoms with E-state index in [-0.39, 0.29) is 35.4 Å². The highest BCUT2D eigenvalue weighted by molar-refractivity contribution is 9.10. The predicted molar refractivity (Wildman–Crippen MR) is 117 cm³/mol. The molecule has 0 fully saturated rings. The van der Waals surface area contributed by atoms with Crippen LogP contribution in [0, 0.1) is 5.82 Å². The van der Waals surface area contributed by atoms with Gasteiger partial charge in [-0.15, -0.1) is 0 Å². The predicted octanol–water partition coefficient (Wildman–Crippen LogP) is 5.12. The molecule has 29 heavy (non-hydrogen) atoms. The van der Waals surface area contributed by atoms with Crippen molar-refractivity contribution in [1.29, 1.82) is 0 Å². The summed E-state index contributed by atoms with van der Waals surface area (Å²) in [6.07, 6.45) is 1.61. The van der Waals surface area contributed by atoms with Crippen LogP contribution in [0.3, 0.4) is 0 Å². The molecule has 0 bridgehead atoms. The number of hydrogen-bond acceptors (Lipinski definition) is 2. The number of nitrogens with one attached hydrogen (secondary N) is 1.